The monoisotopic (exact) mass is 363 g/mol. The van der Waals surface area contributed by atoms with Crippen molar-refractivity contribution in [1.29, 1.82) is 0 Å². The van der Waals surface area contributed by atoms with E-state index in [4.69, 9.17) is 0 Å². The number of fused-ring (bicyclic) bond motifs is 1. The van der Waals surface area contributed by atoms with Gasteiger partial charge >= 0.3 is 0 Å². The molecule has 7 nitrogen and oxygen atoms in total. The minimum atomic E-state index is -0.688. The van der Waals surface area contributed by atoms with Gasteiger partial charge in [-0.25, -0.2) is 4.39 Å². The molecule has 134 valence electrons. The standard InChI is InChI=1S/C19H14FN5O2/c1-11-6-8-12(9-7-11)17-23-19-22-16(26)10-15(25(19)24-17)21-18(27)13-4-2-3-5-14(13)20/h2-10H,1H3,(H,21,27)(H,22,23,24,26). The van der Waals surface area contributed by atoms with Gasteiger partial charge in [0.2, 0.25) is 5.78 Å². The summed E-state index contributed by atoms with van der Waals surface area (Å²) in [5.74, 6) is -0.699. The minimum Gasteiger partial charge on any atom is -0.306 e. The molecular formula is C19H14FN5O2. The molecule has 0 atom stereocenters. The molecule has 0 aliphatic carbocycles. The van der Waals surface area contributed by atoms with E-state index in [0.29, 0.717) is 5.82 Å². The van der Waals surface area contributed by atoms with Crippen LogP contribution >= 0.6 is 0 Å². The number of amides is 1. The highest BCUT2D eigenvalue weighted by Gasteiger charge is 2.16. The van der Waals surface area contributed by atoms with Crippen molar-refractivity contribution in [3.05, 3.63) is 81.9 Å². The van der Waals surface area contributed by atoms with Gasteiger partial charge in [-0.15, -0.1) is 5.10 Å². The van der Waals surface area contributed by atoms with Crippen molar-refractivity contribution in [3.8, 4) is 11.4 Å². The van der Waals surface area contributed by atoms with E-state index in [-0.39, 0.29) is 17.2 Å². The van der Waals surface area contributed by atoms with E-state index in [1.807, 2.05) is 31.2 Å². The second kappa shape index (κ2) is 6.49. The lowest BCUT2D eigenvalue weighted by Crippen LogP contribution is -2.19. The number of aromatic amines is 1. The van der Waals surface area contributed by atoms with Gasteiger partial charge in [0, 0.05) is 11.6 Å². The van der Waals surface area contributed by atoms with Crippen LogP contribution in [0.15, 0.2) is 59.4 Å². The van der Waals surface area contributed by atoms with Crippen molar-refractivity contribution in [1.82, 2.24) is 19.6 Å². The summed E-state index contributed by atoms with van der Waals surface area (Å²) in [5, 5.41) is 6.87. The fraction of sp³-hybridized carbons (Fsp3) is 0.0526. The van der Waals surface area contributed by atoms with Gasteiger partial charge in [0.1, 0.15) is 11.6 Å². The van der Waals surface area contributed by atoms with Crippen LogP contribution in [0.5, 0.6) is 0 Å². The summed E-state index contributed by atoms with van der Waals surface area (Å²) in [7, 11) is 0. The Labute approximate surface area is 152 Å². The van der Waals surface area contributed by atoms with Crippen molar-refractivity contribution in [2.45, 2.75) is 6.92 Å². The first-order valence-electron chi connectivity index (χ1n) is 8.14. The van der Waals surface area contributed by atoms with E-state index in [1.165, 1.54) is 28.8 Å². The summed E-state index contributed by atoms with van der Waals surface area (Å²) in [6.45, 7) is 1.97. The molecule has 27 heavy (non-hydrogen) atoms. The third kappa shape index (κ3) is 3.20. The largest absolute Gasteiger partial charge is 0.306 e. The Kier molecular flexibility index (Phi) is 4.00. The third-order valence-corrected chi connectivity index (χ3v) is 4.01. The van der Waals surface area contributed by atoms with Gasteiger partial charge in [0.25, 0.3) is 11.5 Å². The average Bonchev–Trinajstić information content (AvgIpc) is 3.06. The summed E-state index contributed by atoms with van der Waals surface area (Å²) in [4.78, 5) is 31.2. The topological polar surface area (TPSA) is 92.1 Å². The molecule has 2 aromatic carbocycles. The maximum absolute atomic E-state index is 13.8. The quantitative estimate of drug-likeness (QED) is 0.585. The highest BCUT2D eigenvalue weighted by molar-refractivity contribution is 6.04. The number of nitrogens with one attached hydrogen (secondary N) is 2. The van der Waals surface area contributed by atoms with Crippen LogP contribution in [-0.2, 0) is 0 Å². The maximum Gasteiger partial charge on any atom is 0.259 e. The van der Waals surface area contributed by atoms with Crippen LogP contribution in [-0.4, -0.2) is 25.5 Å². The number of nitrogens with zero attached hydrogens (tertiary/aromatic N) is 3. The van der Waals surface area contributed by atoms with Gasteiger partial charge in [0.15, 0.2) is 5.82 Å². The molecule has 0 spiro atoms. The summed E-state index contributed by atoms with van der Waals surface area (Å²) >= 11 is 0. The molecule has 0 saturated heterocycles. The lowest BCUT2D eigenvalue weighted by Gasteiger charge is -2.06. The zero-order valence-corrected chi connectivity index (χ0v) is 14.2. The normalized spacial score (nSPS) is 10.9. The molecule has 0 unspecified atom stereocenters. The number of H-pyrrole nitrogens is 1. The van der Waals surface area contributed by atoms with Gasteiger partial charge in [-0.1, -0.05) is 42.0 Å². The first-order valence-corrected chi connectivity index (χ1v) is 8.14. The van der Waals surface area contributed by atoms with Gasteiger partial charge in [0.05, 0.1) is 5.56 Å². The smallest absolute Gasteiger partial charge is 0.259 e. The fourth-order valence-corrected chi connectivity index (χ4v) is 2.64. The molecule has 2 aromatic heterocycles. The van der Waals surface area contributed by atoms with Gasteiger partial charge < -0.3 is 5.32 Å². The Morgan fingerprint density at radius 1 is 1.15 bits per heavy atom. The average molecular weight is 363 g/mol. The lowest BCUT2D eigenvalue weighted by molar-refractivity contribution is 0.102. The van der Waals surface area contributed by atoms with Crippen LogP contribution in [0, 0.1) is 12.7 Å². The van der Waals surface area contributed by atoms with Crippen molar-refractivity contribution in [2.24, 2.45) is 0 Å². The summed E-state index contributed by atoms with van der Waals surface area (Å²) in [5.41, 5.74) is 1.25. The number of rotatable bonds is 3. The lowest BCUT2D eigenvalue weighted by atomic mass is 10.1. The molecule has 1 amide bonds. The van der Waals surface area contributed by atoms with Crippen LogP contribution < -0.4 is 10.9 Å². The van der Waals surface area contributed by atoms with E-state index in [0.717, 1.165) is 11.1 Å². The predicted molar refractivity (Wildman–Crippen MR) is 98.1 cm³/mol. The number of halogens is 1. The first-order chi connectivity index (χ1) is 13.0. The molecule has 0 radical (unpaired) electrons. The summed E-state index contributed by atoms with van der Waals surface area (Å²) < 4.78 is 15.1. The number of aromatic nitrogens is 4. The highest BCUT2D eigenvalue weighted by atomic mass is 19.1. The van der Waals surface area contributed by atoms with Gasteiger partial charge in [-0.05, 0) is 19.1 Å². The van der Waals surface area contributed by atoms with Crippen LogP contribution in [0.4, 0.5) is 10.2 Å². The van der Waals surface area contributed by atoms with Crippen LogP contribution in [0.25, 0.3) is 17.2 Å². The zero-order valence-electron chi connectivity index (χ0n) is 14.2. The van der Waals surface area contributed by atoms with E-state index in [2.05, 4.69) is 20.4 Å². The Hall–Kier alpha value is -3.81. The summed E-state index contributed by atoms with van der Waals surface area (Å²) in [6, 6.07) is 14.3. The van der Waals surface area contributed by atoms with E-state index >= 15 is 0 Å². The van der Waals surface area contributed by atoms with E-state index in [1.54, 1.807) is 6.07 Å². The number of hydrogen-bond acceptors (Lipinski definition) is 4. The fourth-order valence-electron chi connectivity index (χ4n) is 2.64. The molecule has 8 heteroatoms. The molecular weight excluding hydrogens is 349 g/mol. The second-order valence-corrected chi connectivity index (χ2v) is 5.99. The zero-order chi connectivity index (χ0) is 19.0. The SMILES string of the molecule is Cc1ccc(-c2nc3[nH]c(=O)cc(NC(=O)c4ccccc4F)n3n2)cc1. The first kappa shape index (κ1) is 16.6. The molecule has 0 bridgehead atoms. The number of carbonyl (C=O) groups excluding carboxylic acids is 1. The van der Waals surface area contributed by atoms with Gasteiger partial charge in [-0.2, -0.15) is 9.50 Å². The van der Waals surface area contributed by atoms with Gasteiger partial charge in [-0.3, -0.25) is 14.6 Å². The molecule has 4 rings (SSSR count). The molecule has 4 aromatic rings. The van der Waals surface area contributed by atoms with Crippen molar-refractivity contribution in [2.75, 3.05) is 5.32 Å². The third-order valence-electron chi connectivity index (χ3n) is 4.01. The van der Waals surface area contributed by atoms with Crippen LogP contribution in [0.3, 0.4) is 0 Å². The molecule has 0 aliphatic heterocycles. The van der Waals surface area contributed by atoms with Crippen molar-refractivity contribution in [3.63, 3.8) is 0 Å². The second-order valence-electron chi connectivity index (χ2n) is 5.99. The van der Waals surface area contributed by atoms with Crippen LogP contribution in [0.1, 0.15) is 15.9 Å². The predicted octanol–water partition coefficient (Wildman–Crippen LogP) is 2.78. The number of anilines is 1. The van der Waals surface area contributed by atoms with Crippen LogP contribution in [0.2, 0.25) is 0 Å². The number of benzene rings is 2. The molecule has 2 N–H and O–H groups in total. The Balaban J connectivity index is 1.76. The van der Waals surface area contributed by atoms with Crippen molar-refractivity contribution >= 4 is 17.5 Å². The van der Waals surface area contributed by atoms with E-state index in [9.17, 15) is 14.0 Å². The highest BCUT2D eigenvalue weighted by Crippen LogP contribution is 2.18. The Morgan fingerprint density at radius 2 is 1.89 bits per heavy atom. The van der Waals surface area contributed by atoms with Crippen molar-refractivity contribution < 1.29 is 9.18 Å². The minimum absolute atomic E-state index is 0.0906. The van der Waals surface area contributed by atoms with E-state index < -0.39 is 17.3 Å². The number of aryl methyl sites for hydroxylation is 1. The Bertz CT molecular complexity index is 1210. The molecule has 0 fully saturated rings. The number of carbonyl (C=O) groups is 1. The number of hydrogen-bond donors (Lipinski definition) is 2. The molecule has 0 saturated carbocycles. The molecule has 2 heterocycles. The Morgan fingerprint density at radius 3 is 2.63 bits per heavy atom. The maximum atomic E-state index is 13.8. The summed E-state index contributed by atoms with van der Waals surface area (Å²) in [6.07, 6.45) is 0. The molecule has 0 aliphatic rings.